The fraction of sp³-hybridized carbons (Fsp3) is 0.200. The molecule has 0 radical (unpaired) electrons. The number of ether oxygens (including phenoxy) is 3. The van der Waals surface area contributed by atoms with Crippen molar-refractivity contribution in [2.24, 2.45) is 0 Å². The number of pyridine rings is 1. The molecule has 0 unspecified atom stereocenters. The summed E-state index contributed by atoms with van der Waals surface area (Å²) < 4.78 is 22.8. The molecule has 5 aromatic rings. The number of hydrogen-bond donors (Lipinski definition) is 1. The second kappa shape index (κ2) is 10.7. The smallest absolute Gasteiger partial charge is 0.310 e. The first-order valence-corrected chi connectivity index (χ1v) is 12.1. The van der Waals surface area contributed by atoms with Crippen molar-refractivity contribution in [3.8, 4) is 17.1 Å². The minimum atomic E-state index is -0.297. The maximum atomic E-state index is 12.2. The molecule has 0 saturated heterocycles. The van der Waals surface area contributed by atoms with Crippen LogP contribution in [-0.2, 0) is 33.9 Å². The Labute approximate surface area is 214 Å². The average molecular weight is 497 g/mol. The summed E-state index contributed by atoms with van der Waals surface area (Å²) in [6.45, 7) is 2.88. The number of benzene rings is 3. The zero-order valence-electron chi connectivity index (χ0n) is 20.8. The molecule has 0 saturated carbocycles. The fourth-order valence-corrected chi connectivity index (χ4v) is 4.42. The first-order chi connectivity index (χ1) is 18.1. The molecule has 0 spiro atoms. The van der Waals surface area contributed by atoms with Crippen LogP contribution in [0.1, 0.15) is 23.6 Å². The van der Waals surface area contributed by atoms with Crippen LogP contribution in [-0.4, -0.2) is 24.7 Å². The number of nitrogens with two attached hydrogens (primary N) is 1. The van der Waals surface area contributed by atoms with Crippen molar-refractivity contribution >= 4 is 33.5 Å². The number of hydrogen-bond acceptors (Lipinski definition) is 7. The van der Waals surface area contributed by atoms with E-state index in [4.69, 9.17) is 24.4 Å². The summed E-state index contributed by atoms with van der Waals surface area (Å²) in [5, 5.41) is 2.87. The molecule has 3 aromatic carbocycles. The van der Waals surface area contributed by atoms with Gasteiger partial charge in [0, 0.05) is 40.8 Å². The number of carbonyl (C=O) groups excluding carboxylic acids is 1. The summed E-state index contributed by atoms with van der Waals surface area (Å²) in [5.41, 5.74) is 10.5. The van der Waals surface area contributed by atoms with Gasteiger partial charge >= 0.3 is 5.97 Å². The first-order valence-electron chi connectivity index (χ1n) is 12.1. The van der Waals surface area contributed by atoms with Gasteiger partial charge in [0.25, 0.3) is 0 Å². The van der Waals surface area contributed by atoms with Crippen LogP contribution in [0.25, 0.3) is 33.1 Å². The predicted octanol–water partition coefficient (Wildman–Crippen LogP) is 6.06. The van der Waals surface area contributed by atoms with Gasteiger partial charge < -0.3 is 24.4 Å². The molecule has 0 atom stereocenters. The second-order valence-electron chi connectivity index (χ2n) is 8.72. The monoisotopic (exact) mass is 496 g/mol. The quantitative estimate of drug-likeness (QED) is 0.248. The lowest BCUT2D eigenvalue weighted by Crippen LogP contribution is -2.09. The molecule has 0 fully saturated rings. The van der Waals surface area contributed by atoms with E-state index in [2.05, 4.69) is 4.98 Å². The molecule has 0 aliphatic rings. The number of methoxy groups -OCH3 is 1. The van der Waals surface area contributed by atoms with Crippen molar-refractivity contribution in [1.82, 2.24) is 4.98 Å². The highest BCUT2D eigenvalue weighted by atomic mass is 16.5. The van der Waals surface area contributed by atoms with Crippen molar-refractivity contribution < 1.29 is 23.4 Å². The Balaban J connectivity index is 1.43. The Bertz CT molecular complexity index is 1570. The van der Waals surface area contributed by atoms with Gasteiger partial charge in [0.15, 0.2) is 0 Å². The summed E-state index contributed by atoms with van der Waals surface area (Å²) in [6.07, 6.45) is 1.83. The lowest BCUT2D eigenvalue weighted by atomic mass is 10.1. The highest BCUT2D eigenvalue weighted by molar-refractivity contribution is 5.95. The van der Waals surface area contributed by atoms with Crippen LogP contribution in [0, 0.1) is 0 Å². The van der Waals surface area contributed by atoms with Gasteiger partial charge in [-0.05, 0) is 54.3 Å². The Kier molecular flexibility index (Phi) is 7.05. The molecule has 5 rings (SSSR count). The maximum absolute atomic E-state index is 12.2. The van der Waals surface area contributed by atoms with E-state index in [1.807, 2.05) is 66.7 Å². The first kappa shape index (κ1) is 24.3. The van der Waals surface area contributed by atoms with Crippen molar-refractivity contribution in [2.75, 3.05) is 19.5 Å². The van der Waals surface area contributed by atoms with E-state index < -0.39 is 0 Å². The Morgan fingerprint density at radius 2 is 1.86 bits per heavy atom. The van der Waals surface area contributed by atoms with E-state index in [0.29, 0.717) is 31.4 Å². The van der Waals surface area contributed by atoms with Crippen LogP contribution in [0.5, 0.6) is 5.75 Å². The molecular formula is C30H28N2O5. The summed E-state index contributed by atoms with van der Waals surface area (Å²) in [7, 11) is 1.64. The number of anilines is 1. The highest BCUT2D eigenvalue weighted by Gasteiger charge is 2.14. The zero-order valence-corrected chi connectivity index (χ0v) is 20.8. The van der Waals surface area contributed by atoms with E-state index in [1.54, 1.807) is 20.2 Å². The topological polar surface area (TPSA) is 96.8 Å². The molecule has 37 heavy (non-hydrogen) atoms. The minimum Gasteiger partial charge on any atom is -0.489 e. The molecule has 0 bridgehead atoms. The third-order valence-electron chi connectivity index (χ3n) is 6.19. The molecule has 2 aromatic heterocycles. The van der Waals surface area contributed by atoms with Crippen molar-refractivity contribution in [1.29, 1.82) is 0 Å². The van der Waals surface area contributed by atoms with Gasteiger partial charge in [-0.25, -0.2) is 4.98 Å². The van der Waals surface area contributed by atoms with Crippen LogP contribution in [0.2, 0.25) is 0 Å². The molecule has 0 amide bonds. The Morgan fingerprint density at radius 3 is 2.70 bits per heavy atom. The van der Waals surface area contributed by atoms with Crippen molar-refractivity contribution in [3.63, 3.8) is 0 Å². The Hall–Kier alpha value is -4.36. The van der Waals surface area contributed by atoms with Gasteiger partial charge in [-0.1, -0.05) is 30.3 Å². The van der Waals surface area contributed by atoms with Crippen molar-refractivity contribution in [3.05, 3.63) is 89.6 Å². The minimum absolute atomic E-state index is 0.126. The Morgan fingerprint density at radius 1 is 0.973 bits per heavy atom. The van der Waals surface area contributed by atoms with E-state index in [0.717, 1.165) is 49.8 Å². The van der Waals surface area contributed by atoms with Gasteiger partial charge in [0.2, 0.25) is 0 Å². The number of nitrogens with zero attached hydrogens (tertiary/aromatic N) is 1. The van der Waals surface area contributed by atoms with Gasteiger partial charge in [-0.15, -0.1) is 0 Å². The van der Waals surface area contributed by atoms with Crippen LogP contribution in [0.15, 0.2) is 77.3 Å². The number of aromatic nitrogens is 1. The second-order valence-corrected chi connectivity index (χ2v) is 8.72. The molecule has 0 aliphatic heterocycles. The molecule has 7 heteroatoms. The average Bonchev–Trinajstić information content (AvgIpc) is 3.34. The van der Waals surface area contributed by atoms with E-state index in [1.165, 1.54) is 0 Å². The van der Waals surface area contributed by atoms with Gasteiger partial charge in [0.1, 0.15) is 29.5 Å². The number of nitrogen functional groups attached to an aromatic ring is 1. The number of carbonyl (C=O) groups is 1. The number of fused-ring (bicyclic) bond motifs is 2. The van der Waals surface area contributed by atoms with E-state index in [9.17, 15) is 4.79 Å². The summed E-state index contributed by atoms with van der Waals surface area (Å²) in [6, 6.07) is 21.6. The maximum Gasteiger partial charge on any atom is 0.310 e. The number of furan rings is 1. The van der Waals surface area contributed by atoms with Gasteiger partial charge in [-0.3, -0.25) is 4.79 Å². The third-order valence-corrected chi connectivity index (χ3v) is 6.19. The fourth-order valence-electron chi connectivity index (χ4n) is 4.42. The van der Waals surface area contributed by atoms with Crippen LogP contribution < -0.4 is 10.5 Å². The largest absolute Gasteiger partial charge is 0.489 e. The predicted molar refractivity (Wildman–Crippen MR) is 143 cm³/mol. The summed E-state index contributed by atoms with van der Waals surface area (Å²) in [4.78, 5) is 16.4. The SMILES string of the molecule is CCOC(=O)Cc1cc(COC)ccc1OCc1cccc2oc(-c3ccc4ccnc(N)c4c3)cc12. The zero-order chi connectivity index (χ0) is 25.8. The van der Waals surface area contributed by atoms with E-state index >= 15 is 0 Å². The van der Waals surface area contributed by atoms with Crippen LogP contribution in [0.4, 0.5) is 5.82 Å². The van der Waals surface area contributed by atoms with Gasteiger partial charge in [-0.2, -0.15) is 0 Å². The lowest BCUT2D eigenvalue weighted by molar-refractivity contribution is -0.142. The van der Waals surface area contributed by atoms with Crippen molar-refractivity contribution in [2.45, 2.75) is 26.6 Å². The van der Waals surface area contributed by atoms with Gasteiger partial charge in [0.05, 0.1) is 19.6 Å². The lowest BCUT2D eigenvalue weighted by Gasteiger charge is -2.13. The molecular weight excluding hydrogens is 468 g/mol. The molecule has 2 N–H and O–H groups in total. The highest BCUT2D eigenvalue weighted by Crippen LogP contribution is 2.33. The molecule has 188 valence electrons. The number of rotatable bonds is 9. The third kappa shape index (κ3) is 5.27. The normalized spacial score (nSPS) is 11.2. The van der Waals surface area contributed by atoms with Crippen LogP contribution >= 0.6 is 0 Å². The standard InChI is InChI=1S/C30H28N2O5/c1-3-35-29(33)15-23-13-19(17-34-2)7-10-26(23)36-18-22-5-4-6-27-24(22)16-28(37-27)21-9-8-20-11-12-32-30(31)25(20)14-21/h4-14,16H,3,15,17-18H2,1-2H3,(H2,31,32). The molecule has 2 heterocycles. The summed E-state index contributed by atoms with van der Waals surface area (Å²) >= 11 is 0. The molecule has 7 nitrogen and oxygen atoms in total. The van der Waals surface area contributed by atoms with Crippen LogP contribution in [0.3, 0.4) is 0 Å². The summed E-state index contributed by atoms with van der Waals surface area (Å²) in [5.74, 6) is 1.56. The molecule has 0 aliphatic carbocycles. The number of esters is 1. The van der Waals surface area contributed by atoms with E-state index in [-0.39, 0.29) is 12.4 Å².